The van der Waals surface area contributed by atoms with Gasteiger partial charge in [-0.15, -0.1) is 6.42 Å². The van der Waals surface area contributed by atoms with Crippen molar-refractivity contribution in [3.8, 4) is 12.3 Å². The molecule has 1 heterocycles. The van der Waals surface area contributed by atoms with E-state index in [4.69, 9.17) is 6.42 Å². The zero-order valence-electron chi connectivity index (χ0n) is 6.25. The van der Waals surface area contributed by atoms with Gasteiger partial charge in [0.2, 0.25) is 0 Å². The third kappa shape index (κ3) is 1.25. The molecule has 1 fully saturated rings. The Bertz CT molecular complexity index is 305. The molecular weight excluding hydrogens is 134 g/mol. The van der Waals surface area contributed by atoms with Crippen LogP contribution in [0.4, 0.5) is 0 Å². The molecule has 0 bridgehead atoms. The molecule has 54 valence electrons. The van der Waals surface area contributed by atoms with Crippen molar-refractivity contribution >= 4 is 0 Å². The van der Waals surface area contributed by atoms with Crippen LogP contribution in [-0.2, 0) is 0 Å². The minimum atomic E-state index is 0.697. The van der Waals surface area contributed by atoms with Crippen molar-refractivity contribution in [3.05, 3.63) is 29.6 Å². The van der Waals surface area contributed by atoms with E-state index < -0.39 is 0 Å². The second-order valence-corrected chi connectivity index (χ2v) is 2.87. The van der Waals surface area contributed by atoms with Gasteiger partial charge in [0.1, 0.15) is 5.69 Å². The fourth-order valence-electron chi connectivity index (χ4n) is 1.14. The maximum atomic E-state index is 5.23. The highest BCUT2D eigenvalue weighted by Crippen LogP contribution is 2.38. The largest absolute Gasteiger partial charge is 0.244 e. The Morgan fingerprint density at radius 2 is 2.27 bits per heavy atom. The highest BCUT2D eigenvalue weighted by molar-refractivity contribution is 5.28. The van der Waals surface area contributed by atoms with Crippen molar-refractivity contribution in [2.75, 3.05) is 0 Å². The maximum Gasteiger partial charge on any atom is 0.113 e. The van der Waals surface area contributed by atoms with E-state index in [1.165, 1.54) is 18.5 Å². The quantitative estimate of drug-likeness (QED) is 0.547. The van der Waals surface area contributed by atoms with Crippen LogP contribution in [0, 0.1) is 12.3 Å². The van der Waals surface area contributed by atoms with Crippen molar-refractivity contribution in [2.24, 2.45) is 0 Å². The van der Waals surface area contributed by atoms with Crippen LogP contribution in [0.15, 0.2) is 18.2 Å². The summed E-state index contributed by atoms with van der Waals surface area (Å²) in [6.07, 6.45) is 7.78. The Balaban J connectivity index is 2.35. The average Bonchev–Trinajstić information content (AvgIpc) is 2.87. The van der Waals surface area contributed by atoms with Gasteiger partial charge in [0.25, 0.3) is 0 Å². The predicted octanol–water partition coefficient (Wildman–Crippen LogP) is 1.94. The first-order valence-electron chi connectivity index (χ1n) is 3.84. The second-order valence-electron chi connectivity index (χ2n) is 2.87. The molecule has 1 heteroatoms. The van der Waals surface area contributed by atoms with E-state index in [0.717, 1.165) is 5.69 Å². The van der Waals surface area contributed by atoms with Gasteiger partial charge in [-0.25, -0.2) is 4.98 Å². The van der Waals surface area contributed by atoms with Crippen LogP contribution in [0.3, 0.4) is 0 Å². The lowest BCUT2D eigenvalue weighted by Gasteiger charge is -1.95. The van der Waals surface area contributed by atoms with Gasteiger partial charge >= 0.3 is 0 Å². The normalized spacial score (nSPS) is 15.9. The van der Waals surface area contributed by atoms with Crippen LogP contribution in [0.25, 0.3) is 0 Å². The third-order valence-electron chi connectivity index (χ3n) is 1.91. The van der Waals surface area contributed by atoms with Crippen LogP contribution in [0.5, 0.6) is 0 Å². The summed E-state index contributed by atoms with van der Waals surface area (Å²) >= 11 is 0. The smallest absolute Gasteiger partial charge is 0.113 e. The molecule has 1 aromatic rings. The first-order chi connectivity index (χ1) is 5.40. The van der Waals surface area contributed by atoms with Gasteiger partial charge in [-0.2, -0.15) is 0 Å². The number of pyridine rings is 1. The summed E-state index contributed by atoms with van der Waals surface area (Å²) in [5.74, 6) is 3.24. The number of hydrogen-bond donors (Lipinski definition) is 0. The monoisotopic (exact) mass is 143 g/mol. The molecule has 0 aromatic carbocycles. The maximum absolute atomic E-state index is 5.23. The SMILES string of the molecule is C#Cc1cccc(C2CC2)n1. The molecule has 1 aromatic heterocycles. The third-order valence-corrected chi connectivity index (χ3v) is 1.91. The number of rotatable bonds is 1. The zero-order valence-corrected chi connectivity index (χ0v) is 6.25. The van der Waals surface area contributed by atoms with Gasteiger partial charge < -0.3 is 0 Å². The summed E-state index contributed by atoms with van der Waals surface area (Å²) < 4.78 is 0. The highest BCUT2D eigenvalue weighted by atomic mass is 14.7. The van der Waals surface area contributed by atoms with Crippen LogP contribution in [0.1, 0.15) is 30.1 Å². The van der Waals surface area contributed by atoms with E-state index in [1.54, 1.807) is 0 Å². The van der Waals surface area contributed by atoms with Crippen molar-refractivity contribution in [1.29, 1.82) is 0 Å². The first-order valence-corrected chi connectivity index (χ1v) is 3.84. The Labute approximate surface area is 66.5 Å². The molecule has 0 atom stereocenters. The molecule has 0 aliphatic heterocycles. The fraction of sp³-hybridized carbons (Fsp3) is 0.300. The number of terminal acetylenes is 1. The number of nitrogens with zero attached hydrogens (tertiary/aromatic N) is 1. The van der Waals surface area contributed by atoms with E-state index in [-0.39, 0.29) is 0 Å². The molecule has 0 unspecified atom stereocenters. The lowest BCUT2D eigenvalue weighted by Crippen LogP contribution is -1.88. The molecule has 1 nitrogen and oxygen atoms in total. The second kappa shape index (κ2) is 2.39. The molecule has 0 amide bonds. The van der Waals surface area contributed by atoms with Gasteiger partial charge in [-0.3, -0.25) is 0 Å². The zero-order chi connectivity index (χ0) is 7.68. The lowest BCUT2D eigenvalue weighted by molar-refractivity contribution is 1.01. The summed E-state index contributed by atoms with van der Waals surface area (Å²) in [5.41, 5.74) is 1.93. The van der Waals surface area contributed by atoms with Gasteiger partial charge in [0.05, 0.1) is 0 Å². The summed E-state index contributed by atoms with van der Waals surface area (Å²) in [4.78, 5) is 4.32. The van der Waals surface area contributed by atoms with E-state index >= 15 is 0 Å². The molecule has 0 saturated heterocycles. The lowest BCUT2D eigenvalue weighted by atomic mass is 10.2. The standard InChI is InChI=1S/C10H9N/c1-2-9-4-3-5-10(11-9)8-6-7-8/h1,3-5,8H,6-7H2. The summed E-state index contributed by atoms with van der Waals surface area (Å²) in [6.45, 7) is 0. The molecule has 1 aliphatic carbocycles. The van der Waals surface area contributed by atoms with E-state index in [9.17, 15) is 0 Å². The van der Waals surface area contributed by atoms with Gasteiger partial charge in [-0.05, 0) is 25.0 Å². The molecule has 2 rings (SSSR count). The number of aromatic nitrogens is 1. The van der Waals surface area contributed by atoms with E-state index in [0.29, 0.717) is 5.92 Å². The minimum absolute atomic E-state index is 0.697. The fourth-order valence-corrected chi connectivity index (χ4v) is 1.14. The van der Waals surface area contributed by atoms with Crippen LogP contribution >= 0.6 is 0 Å². The van der Waals surface area contributed by atoms with E-state index in [2.05, 4.69) is 17.0 Å². The summed E-state index contributed by atoms with van der Waals surface area (Å²) in [6, 6.07) is 5.90. The van der Waals surface area contributed by atoms with Crippen LogP contribution in [0.2, 0.25) is 0 Å². The minimum Gasteiger partial charge on any atom is -0.244 e. The average molecular weight is 143 g/mol. The van der Waals surface area contributed by atoms with Crippen molar-refractivity contribution in [2.45, 2.75) is 18.8 Å². The first kappa shape index (κ1) is 6.42. The van der Waals surface area contributed by atoms with Crippen LogP contribution < -0.4 is 0 Å². The molecular formula is C10H9N. The van der Waals surface area contributed by atoms with Gasteiger partial charge in [0.15, 0.2) is 0 Å². The molecule has 1 aliphatic rings. The Morgan fingerprint density at radius 1 is 1.45 bits per heavy atom. The Hall–Kier alpha value is -1.29. The number of hydrogen-bond acceptors (Lipinski definition) is 1. The van der Waals surface area contributed by atoms with Crippen LogP contribution in [-0.4, -0.2) is 4.98 Å². The molecule has 1 saturated carbocycles. The Kier molecular flexibility index (Phi) is 1.40. The molecule has 11 heavy (non-hydrogen) atoms. The summed E-state index contributed by atoms with van der Waals surface area (Å²) in [5, 5.41) is 0. The van der Waals surface area contributed by atoms with E-state index in [1.807, 2.05) is 12.1 Å². The summed E-state index contributed by atoms with van der Waals surface area (Å²) in [7, 11) is 0. The molecule has 0 spiro atoms. The molecule has 0 N–H and O–H groups in total. The van der Waals surface area contributed by atoms with Crippen molar-refractivity contribution in [3.63, 3.8) is 0 Å². The van der Waals surface area contributed by atoms with Gasteiger partial charge in [-0.1, -0.05) is 12.0 Å². The van der Waals surface area contributed by atoms with Gasteiger partial charge in [0, 0.05) is 11.6 Å². The molecule has 0 radical (unpaired) electrons. The Morgan fingerprint density at radius 3 is 2.91 bits per heavy atom. The van der Waals surface area contributed by atoms with Crippen molar-refractivity contribution < 1.29 is 0 Å². The topological polar surface area (TPSA) is 12.9 Å². The van der Waals surface area contributed by atoms with Crippen molar-refractivity contribution in [1.82, 2.24) is 4.98 Å². The predicted molar refractivity (Wildman–Crippen MR) is 44.1 cm³/mol. The highest BCUT2D eigenvalue weighted by Gasteiger charge is 2.24.